The fourth-order valence-electron chi connectivity index (χ4n) is 1.30. The number of amides is 1. The number of nitrogens with one attached hydrogen (secondary N) is 1. The molecule has 0 spiro atoms. The van der Waals surface area contributed by atoms with Gasteiger partial charge in [0, 0.05) is 10.7 Å². The molecule has 0 aliphatic rings. The number of nitrogens with zero attached hydrogens (tertiary/aromatic N) is 1. The molecule has 2 aromatic rings. The van der Waals surface area contributed by atoms with Crippen LogP contribution in [0.4, 0.5) is 10.1 Å². The predicted octanol–water partition coefficient (Wildman–Crippen LogP) is 3.89. The second-order valence-corrected chi connectivity index (χ2v) is 4.75. The lowest BCUT2D eigenvalue weighted by atomic mass is 10.2. The van der Waals surface area contributed by atoms with Gasteiger partial charge in [-0.2, -0.15) is 0 Å². The van der Waals surface area contributed by atoms with Gasteiger partial charge in [-0.15, -0.1) is 0 Å². The largest absolute Gasteiger partial charge is 0.319 e. The highest BCUT2D eigenvalue weighted by molar-refractivity contribution is 9.10. The second kappa shape index (κ2) is 5.46. The molecule has 6 heteroatoms. The van der Waals surface area contributed by atoms with E-state index in [1.807, 2.05) is 0 Å². The van der Waals surface area contributed by atoms with Gasteiger partial charge in [0.1, 0.15) is 11.0 Å². The normalized spacial score (nSPS) is 10.2. The van der Waals surface area contributed by atoms with Gasteiger partial charge in [0.25, 0.3) is 5.91 Å². The Kier molecular flexibility index (Phi) is 3.93. The minimum atomic E-state index is -0.514. The van der Waals surface area contributed by atoms with Crippen LogP contribution in [0.3, 0.4) is 0 Å². The average Bonchev–Trinajstić information content (AvgIpc) is 2.33. The van der Waals surface area contributed by atoms with E-state index in [9.17, 15) is 9.18 Å². The molecular formula is C12H7BrClFN2O. The molecule has 92 valence electrons. The summed E-state index contributed by atoms with van der Waals surface area (Å²) in [4.78, 5) is 15.6. The summed E-state index contributed by atoms with van der Waals surface area (Å²) in [5.74, 6) is -0.958. The van der Waals surface area contributed by atoms with Crippen molar-refractivity contribution in [2.24, 2.45) is 0 Å². The van der Waals surface area contributed by atoms with Crippen molar-refractivity contribution in [3.63, 3.8) is 0 Å². The van der Waals surface area contributed by atoms with E-state index in [1.54, 1.807) is 6.07 Å². The van der Waals surface area contributed by atoms with E-state index >= 15 is 0 Å². The van der Waals surface area contributed by atoms with Crippen LogP contribution in [0.15, 0.2) is 41.0 Å². The number of hydrogen-bond acceptors (Lipinski definition) is 2. The van der Waals surface area contributed by atoms with Crippen molar-refractivity contribution < 1.29 is 9.18 Å². The summed E-state index contributed by atoms with van der Waals surface area (Å²) >= 11 is 8.75. The summed E-state index contributed by atoms with van der Waals surface area (Å²) < 4.78 is 14.1. The van der Waals surface area contributed by atoms with E-state index in [-0.39, 0.29) is 5.69 Å². The Morgan fingerprint density at radius 2 is 2.11 bits per heavy atom. The fourth-order valence-corrected chi connectivity index (χ4v) is 1.74. The number of aromatic nitrogens is 1. The summed E-state index contributed by atoms with van der Waals surface area (Å²) in [6, 6.07) is 7.39. The number of benzene rings is 1. The molecule has 0 radical (unpaired) electrons. The Hall–Kier alpha value is -1.46. The lowest BCUT2D eigenvalue weighted by Crippen LogP contribution is -2.13. The molecule has 18 heavy (non-hydrogen) atoms. The van der Waals surface area contributed by atoms with Gasteiger partial charge >= 0.3 is 0 Å². The quantitative estimate of drug-likeness (QED) is 0.849. The van der Waals surface area contributed by atoms with E-state index < -0.39 is 11.7 Å². The van der Waals surface area contributed by atoms with E-state index in [2.05, 4.69) is 26.2 Å². The van der Waals surface area contributed by atoms with E-state index in [0.717, 1.165) is 0 Å². The molecule has 0 aliphatic carbocycles. The number of anilines is 1. The van der Waals surface area contributed by atoms with Crippen molar-refractivity contribution in [3.8, 4) is 0 Å². The molecule has 1 N–H and O–H groups in total. The summed E-state index contributed by atoms with van der Waals surface area (Å²) in [5, 5.41) is 2.75. The Labute approximate surface area is 116 Å². The Morgan fingerprint density at radius 1 is 1.33 bits per heavy atom. The third-order valence-corrected chi connectivity index (χ3v) is 2.89. The molecule has 1 heterocycles. The SMILES string of the molecule is O=C(Nc1ccc(Br)cc1F)c1ccc(Cl)nc1. The van der Waals surface area contributed by atoms with Crippen molar-refractivity contribution in [1.29, 1.82) is 0 Å². The Balaban J connectivity index is 2.18. The minimum absolute atomic E-state index is 0.109. The Morgan fingerprint density at radius 3 is 2.72 bits per heavy atom. The molecule has 0 saturated carbocycles. The number of halogens is 3. The molecule has 1 amide bonds. The first-order valence-corrected chi connectivity index (χ1v) is 6.11. The molecule has 0 saturated heterocycles. The first kappa shape index (κ1) is 13.0. The monoisotopic (exact) mass is 328 g/mol. The van der Waals surface area contributed by atoms with Crippen LogP contribution in [0.2, 0.25) is 5.15 Å². The summed E-state index contributed by atoms with van der Waals surface area (Å²) in [7, 11) is 0. The van der Waals surface area contributed by atoms with E-state index in [4.69, 9.17) is 11.6 Å². The van der Waals surface area contributed by atoms with Crippen LogP contribution < -0.4 is 5.32 Å². The van der Waals surface area contributed by atoms with Gasteiger partial charge in [0.05, 0.1) is 11.3 Å². The molecule has 0 fully saturated rings. The van der Waals surface area contributed by atoms with Crippen LogP contribution in [0.25, 0.3) is 0 Å². The highest BCUT2D eigenvalue weighted by atomic mass is 79.9. The highest BCUT2D eigenvalue weighted by Gasteiger charge is 2.09. The molecule has 2 rings (SSSR count). The average molecular weight is 330 g/mol. The standard InChI is InChI=1S/C12H7BrClFN2O/c13-8-2-3-10(9(15)5-8)17-12(18)7-1-4-11(14)16-6-7/h1-6H,(H,17,18). The van der Waals surface area contributed by atoms with Crippen LogP contribution in [0.5, 0.6) is 0 Å². The van der Waals surface area contributed by atoms with E-state index in [1.165, 1.54) is 30.5 Å². The van der Waals surface area contributed by atoms with Crippen molar-refractivity contribution in [3.05, 3.63) is 57.5 Å². The van der Waals surface area contributed by atoms with Gasteiger partial charge in [0.2, 0.25) is 0 Å². The van der Waals surface area contributed by atoms with Crippen molar-refractivity contribution in [2.45, 2.75) is 0 Å². The van der Waals surface area contributed by atoms with Crippen LogP contribution >= 0.6 is 27.5 Å². The van der Waals surface area contributed by atoms with Crippen molar-refractivity contribution in [1.82, 2.24) is 4.98 Å². The van der Waals surface area contributed by atoms with E-state index in [0.29, 0.717) is 15.2 Å². The predicted molar refractivity (Wildman–Crippen MR) is 71.3 cm³/mol. The highest BCUT2D eigenvalue weighted by Crippen LogP contribution is 2.20. The van der Waals surface area contributed by atoms with Gasteiger partial charge in [0.15, 0.2) is 0 Å². The second-order valence-electron chi connectivity index (χ2n) is 3.45. The summed E-state index contributed by atoms with van der Waals surface area (Å²) in [5.41, 5.74) is 0.417. The Bertz CT molecular complexity index is 589. The molecule has 1 aromatic carbocycles. The van der Waals surface area contributed by atoms with Gasteiger partial charge in [-0.1, -0.05) is 27.5 Å². The van der Waals surface area contributed by atoms with Crippen molar-refractivity contribution >= 4 is 39.1 Å². The van der Waals surface area contributed by atoms with Crippen molar-refractivity contribution in [2.75, 3.05) is 5.32 Å². The third kappa shape index (κ3) is 3.05. The summed E-state index contributed by atoms with van der Waals surface area (Å²) in [6.07, 6.45) is 1.33. The maximum atomic E-state index is 13.5. The first-order chi connectivity index (χ1) is 8.56. The number of rotatable bonds is 2. The number of pyridine rings is 1. The van der Waals surface area contributed by atoms with Crippen LogP contribution in [-0.4, -0.2) is 10.9 Å². The van der Waals surface area contributed by atoms with Gasteiger partial charge in [-0.3, -0.25) is 4.79 Å². The molecule has 0 bridgehead atoms. The molecule has 3 nitrogen and oxygen atoms in total. The van der Waals surface area contributed by atoms with Crippen LogP contribution in [-0.2, 0) is 0 Å². The maximum absolute atomic E-state index is 13.5. The molecular weight excluding hydrogens is 322 g/mol. The zero-order chi connectivity index (χ0) is 13.1. The third-order valence-electron chi connectivity index (χ3n) is 2.17. The van der Waals surface area contributed by atoms with Gasteiger partial charge in [-0.25, -0.2) is 9.37 Å². The fraction of sp³-hybridized carbons (Fsp3) is 0. The summed E-state index contributed by atoms with van der Waals surface area (Å²) in [6.45, 7) is 0. The molecule has 0 unspecified atom stereocenters. The molecule has 0 aliphatic heterocycles. The zero-order valence-electron chi connectivity index (χ0n) is 8.95. The number of hydrogen-bond donors (Lipinski definition) is 1. The topological polar surface area (TPSA) is 42.0 Å². The smallest absolute Gasteiger partial charge is 0.257 e. The van der Waals surface area contributed by atoms with Gasteiger partial charge in [-0.05, 0) is 30.3 Å². The lowest BCUT2D eigenvalue weighted by Gasteiger charge is -2.06. The maximum Gasteiger partial charge on any atom is 0.257 e. The zero-order valence-corrected chi connectivity index (χ0v) is 11.3. The minimum Gasteiger partial charge on any atom is -0.319 e. The van der Waals surface area contributed by atoms with Crippen LogP contribution in [0, 0.1) is 5.82 Å². The van der Waals surface area contributed by atoms with Crippen LogP contribution in [0.1, 0.15) is 10.4 Å². The lowest BCUT2D eigenvalue weighted by molar-refractivity contribution is 0.102. The van der Waals surface area contributed by atoms with Gasteiger partial charge < -0.3 is 5.32 Å². The molecule has 0 atom stereocenters. The molecule has 1 aromatic heterocycles. The first-order valence-electron chi connectivity index (χ1n) is 4.94. The number of carbonyl (C=O) groups excluding carboxylic acids is 1. The number of carbonyl (C=O) groups is 1.